The standard InChI is InChI=1S/C24H21ClN4O2/c1-15-8-13-20(16(2)14-15)26-24(30)27-21(17-9-11-19(25)12-10-17)23-29-28-22(31-23)18-6-4-3-5-7-18/h3-14,21H,1-2H3,(H2,26,27,30). The van der Waals surface area contributed by atoms with Crippen molar-refractivity contribution in [3.05, 3.63) is 100 Å². The van der Waals surface area contributed by atoms with Gasteiger partial charge in [0, 0.05) is 16.3 Å². The smallest absolute Gasteiger partial charge is 0.320 e. The van der Waals surface area contributed by atoms with Crippen molar-refractivity contribution in [2.75, 3.05) is 5.32 Å². The van der Waals surface area contributed by atoms with E-state index in [0.717, 1.165) is 27.9 Å². The van der Waals surface area contributed by atoms with Crippen LogP contribution in [0.3, 0.4) is 0 Å². The van der Waals surface area contributed by atoms with Crippen LogP contribution in [0.5, 0.6) is 0 Å². The Morgan fingerprint density at radius 2 is 1.71 bits per heavy atom. The molecule has 156 valence electrons. The predicted molar refractivity (Wildman–Crippen MR) is 121 cm³/mol. The van der Waals surface area contributed by atoms with Gasteiger partial charge in [-0.2, -0.15) is 0 Å². The van der Waals surface area contributed by atoms with Gasteiger partial charge < -0.3 is 15.1 Å². The first-order chi connectivity index (χ1) is 15.0. The summed E-state index contributed by atoms with van der Waals surface area (Å²) >= 11 is 6.04. The highest BCUT2D eigenvalue weighted by molar-refractivity contribution is 6.30. The number of nitrogens with one attached hydrogen (secondary N) is 2. The van der Waals surface area contributed by atoms with Crippen molar-refractivity contribution in [1.82, 2.24) is 15.5 Å². The van der Waals surface area contributed by atoms with Crippen molar-refractivity contribution in [2.24, 2.45) is 0 Å². The monoisotopic (exact) mass is 432 g/mol. The molecular formula is C24H21ClN4O2. The van der Waals surface area contributed by atoms with Gasteiger partial charge in [-0.05, 0) is 55.3 Å². The van der Waals surface area contributed by atoms with Crippen LogP contribution in [0, 0.1) is 13.8 Å². The fraction of sp³-hybridized carbons (Fsp3) is 0.125. The second-order valence-corrected chi connectivity index (χ2v) is 7.65. The van der Waals surface area contributed by atoms with Crippen molar-refractivity contribution in [1.29, 1.82) is 0 Å². The lowest BCUT2D eigenvalue weighted by Crippen LogP contribution is -2.33. The van der Waals surface area contributed by atoms with Crippen LogP contribution < -0.4 is 10.6 Å². The molecule has 0 saturated heterocycles. The summed E-state index contributed by atoms with van der Waals surface area (Å²) in [5.74, 6) is 0.656. The third-order valence-electron chi connectivity index (χ3n) is 4.82. The van der Waals surface area contributed by atoms with E-state index in [1.165, 1.54) is 0 Å². The highest BCUT2D eigenvalue weighted by Gasteiger charge is 2.24. The van der Waals surface area contributed by atoms with Crippen LogP contribution in [0.4, 0.5) is 10.5 Å². The zero-order valence-corrected chi connectivity index (χ0v) is 17.9. The lowest BCUT2D eigenvalue weighted by Gasteiger charge is -2.17. The second-order valence-electron chi connectivity index (χ2n) is 7.21. The van der Waals surface area contributed by atoms with Gasteiger partial charge in [0.25, 0.3) is 0 Å². The Morgan fingerprint density at radius 1 is 0.968 bits per heavy atom. The van der Waals surface area contributed by atoms with E-state index in [9.17, 15) is 4.79 Å². The molecule has 2 amide bonds. The van der Waals surface area contributed by atoms with Crippen LogP contribution in [0.25, 0.3) is 11.5 Å². The molecule has 1 atom stereocenters. The van der Waals surface area contributed by atoms with Crippen LogP contribution in [0.2, 0.25) is 5.02 Å². The molecule has 31 heavy (non-hydrogen) atoms. The van der Waals surface area contributed by atoms with Gasteiger partial charge in [0.1, 0.15) is 6.04 Å². The third-order valence-corrected chi connectivity index (χ3v) is 5.07. The number of aryl methyl sites for hydroxylation is 2. The van der Waals surface area contributed by atoms with Crippen molar-refractivity contribution in [2.45, 2.75) is 19.9 Å². The number of urea groups is 1. The minimum absolute atomic E-state index is 0.275. The highest BCUT2D eigenvalue weighted by atomic mass is 35.5. The molecule has 2 N–H and O–H groups in total. The van der Waals surface area contributed by atoms with Gasteiger partial charge in [-0.25, -0.2) is 4.79 Å². The van der Waals surface area contributed by atoms with Crippen molar-refractivity contribution >= 4 is 23.3 Å². The van der Waals surface area contributed by atoms with E-state index in [-0.39, 0.29) is 11.9 Å². The number of carbonyl (C=O) groups is 1. The van der Waals surface area contributed by atoms with Crippen molar-refractivity contribution in [3.63, 3.8) is 0 Å². The number of nitrogens with zero attached hydrogens (tertiary/aromatic N) is 2. The van der Waals surface area contributed by atoms with E-state index < -0.39 is 6.04 Å². The molecule has 6 nitrogen and oxygen atoms in total. The van der Waals surface area contributed by atoms with Gasteiger partial charge in [-0.3, -0.25) is 0 Å². The molecule has 1 unspecified atom stereocenters. The molecule has 0 saturated carbocycles. The normalized spacial score (nSPS) is 11.7. The van der Waals surface area contributed by atoms with Crippen LogP contribution >= 0.6 is 11.6 Å². The Kier molecular flexibility index (Phi) is 6.00. The molecule has 0 aliphatic rings. The van der Waals surface area contributed by atoms with Crippen LogP contribution in [0.15, 0.2) is 77.2 Å². The first kappa shape index (κ1) is 20.6. The maximum absolute atomic E-state index is 12.8. The molecule has 7 heteroatoms. The Hall–Kier alpha value is -3.64. The average molecular weight is 433 g/mol. The molecule has 3 aromatic carbocycles. The lowest BCUT2D eigenvalue weighted by molar-refractivity contribution is 0.248. The van der Waals surface area contributed by atoms with Crippen LogP contribution in [-0.2, 0) is 0 Å². The molecule has 1 heterocycles. The molecule has 4 rings (SSSR count). The maximum atomic E-state index is 12.8. The van der Waals surface area contributed by atoms with Crippen molar-refractivity contribution < 1.29 is 9.21 Å². The number of aromatic nitrogens is 2. The fourth-order valence-corrected chi connectivity index (χ4v) is 3.36. The second kappa shape index (κ2) is 9.02. The minimum atomic E-state index is -0.645. The van der Waals surface area contributed by atoms with E-state index in [2.05, 4.69) is 20.8 Å². The molecule has 0 fully saturated rings. The maximum Gasteiger partial charge on any atom is 0.320 e. The molecule has 0 bridgehead atoms. The SMILES string of the molecule is Cc1ccc(NC(=O)NC(c2ccc(Cl)cc2)c2nnc(-c3ccccc3)o2)c(C)c1. The summed E-state index contributed by atoms with van der Waals surface area (Å²) in [6, 6.07) is 21.4. The number of anilines is 1. The summed E-state index contributed by atoms with van der Waals surface area (Å²) in [6.07, 6.45) is 0. The van der Waals surface area contributed by atoms with E-state index in [1.54, 1.807) is 12.1 Å². The summed E-state index contributed by atoms with van der Waals surface area (Å²) in [5, 5.41) is 14.8. The number of hydrogen-bond donors (Lipinski definition) is 2. The van der Waals surface area contributed by atoms with Crippen LogP contribution in [0.1, 0.15) is 28.6 Å². The molecule has 0 spiro atoms. The first-order valence-electron chi connectivity index (χ1n) is 9.78. The summed E-state index contributed by atoms with van der Waals surface area (Å²) in [5.41, 5.74) is 4.40. The fourth-order valence-electron chi connectivity index (χ4n) is 3.23. The zero-order chi connectivity index (χ0) is 21.8. The lowest BCUT2D eigenvalue weighted by atomic mass is 10.1. The predicted octanol–water partition coefficient (Wildman–Crippen LogP) is 5.92. The van der Waals surface area contributed by atoms with Crippen LogP contribution in [-0.4, -0.2) is 16.2 Å². The van der Waals surface area contributed by atoms with Gasteiger partial charge in [-0.15, -0.1) is 10.2 Å². The number of amides is 2. The number of halogens is 1. The third kappa shape index (κ3) is 4.92. The largest absolute Gasteiger partial charge is 0.418 e. The number of benzene rings is 3. The Bertz CT molecular complexity index is 1190. The molecular weight excluding hydrogens is 412 g/mol. The summed E-state index contributed by atoms with van der Waals surface area (Å²) in [4.78, 5) is 12.8. The van der Waals surface area contributed by atoms with Gasteiger partial charge >= 0.3 is 6.03 Å². The molecule has 4 aromatic rings. The van der Waals surface area contributed by atoms with E-state index >= 15 is 0 Å². The summed E-state index contributed by atoms with van der Waals surface area (Å²) < 4.78 is 5.91. The molecule has 0 aliphatic carbocycles. The quantitative estimate of drug-likeness (QED) is 0.410. The molecule has 0 aliphatic heterocycles. The minimum Gasteiger partial charge on any atom is -0.418 e. The molecule has 0 radical (unpaired) electrons. The van der Waals surface area contributed by atoms with E-state index in [0.29, 0.717) is 10.9 Å². The van der Waals surface area contributed by atoms with Gasteiger partial charge in [0.2, 0.25) is 11.8 Å². The summed E-state index contributed by atoms with van der Waals surface area (Å²) in [6.45, 7) is 3.96. The topological polar surface area (TPSA) is 80.0 Å². The average Bonchev–Trinajstić information content (AvgIpc) is 3.25. The zero-order valence-electron chi connectivity index (χ0n) is 17.1. The number of rotatable bonds is 5. The van der Waals surface area contributed by atoms with Gasteiger partial charge in [0.15, 0.2) is 0 Å². The van der Waals surface area contributed by atoms with Gasteiger partial charge in [-0.1, -0.05) is 59.6 Å². The Balaban J connectivity index is 1.61. The van der Waals surface area contributed by atoms with E-state index in [4.69, 9.17) is 16.0 Å². The number of hydrogen-bond acceptors (Lipinski definition) is 4. The Morgan fingerprint density at radius 3 is 2.42 bits per heavy atom. The van der Waals surface area contributed by atoms with Gasteiger partial charge in [0.05, 0.1) is 0 Å². The van der Waals surface area contributed by atoms with E-state index in [1.807, 2.05) is 74.5 Å². The van der Waals surface area contributed by atoms with Crippen molar-refractivity contribution in [3.8, 4) is 11.5 Å². The molecule has 1 aromatic heterocycles. The Labute approximate surface area is 185 Å². The number of carbonyl (C=O) groups excluding carboxylic acids is 1. The summed E-state index contributed by atoms with van der Waals surface area (Å²) in [7, 11) is 0. The highest BCUT2D eigenvalue weighted by Crippen LogP contribution is 2.26. The first-order valence-corrected chi connectivity index (χ1v) is 10.2.